The predicted molar refractivity (Wildman–Crippen MR) is 78.2 cm³/mol. The number of piperidine rings is 1. The molecule has 2 atom stereocenters. The first-order chi connectivity index (χ1) is 9.24. The molecule has 1 amide bonds. The van der Waals surface area contributed by atoms with E-state index in [0.717, 1.165) is 39.1 Å². The van der Waals surface area contributed by atoms with Gasteiger partial charge in [-0.15, -0.1) is 0 Å². The fraction of sp³-hybridized carbons (Fsp3) is 0.933. The molecule has 2 aliphatic heterocycles. The number of amides is 1. The Morgan fingerprint density at radius 1 is 1.26 bits per heavy atom. The van der Waals surface area contributed by atoms with Crippen LogP contribution in [0.2, 0.25) is 0 Å². The van der Waals surface area contributed by atoms with Gasteiger partial charge in [-0.3, -0.25) is 9.69 Å². The fourth-order valence-corrected chi connectivity index (χ4v) is 3.44. The van der Waals surface area contributed by atoms with E-state index in [1.807, 2.05) is 0 Å². The molecule has 19 heavy (non-hydrogen) atoms. The molecule has 4 heteroatoms. The van der Waals surface area contributed by atoms with Crippen molar-refractivity contribution in [3.8, 4) is 0 Å². The number of hydrogen-bond donors (Lipinski definition) is 1. The fourth-order valence-electron chi connectivity index (χ4n) is 3.44. The summed E-state index contributed by atoms with van der Waals surface area (Å²) < 4.78 is 0. The predicted octanol–water partition coefficient (Wildman–Crippen LogP) is 1.46. The highest BCUT2D eigenvalue weighted by atomic mass is 16.2. The van der Waals surface area contributed by atoms with E-state index >= 15 is 0 Å². The minimum Gasteiger partial charge on any atom is -0.341 e. The smallest absolute Gasteiger partial charge is 0.224 e. The van der Waals surface area contributed by atoms with Gasteiger partial charge in [0.1, 0.15) is 0 Å². The Balaban J connectivity index is 1.77. The number of hydrogen-bond acceptors (Lipinski definition) is 3. The molecule has 1 N–H and O–H groups in total. The van der Waals surface area contributed by atoms with Gasteiger partial charge in [0.15, 0.2) is 0 Å². The van der Waals surface area contributed by atoms with Crippen molar-refractivity contribution in [2.75, 3.05) is 32.7 Å². The molecule has 4 nitrogen and oxygen atoms in total. The van der Waals surface area contributed by atoms with Crippen LogP contribution in [0, 0.1) is 0 Å². The molecule has 0 radical (unpaired) electrons. The first kappa shape index (κ1) is 14.8. The zero-order valence-electron chi connectivity index (χ0n) is 12.5. The Hall–Kier alpha value is -0.610. The summed E-state index contributed by atoms with van der Waals surface area (Å²) in [6.07, 6.45) is 5.54. The molecule has 2 saturated heterocycles. The van der Waals surface area contributed by atoms with Crippen LogP contribution in [0.15, 0.2) is 0 Å². The van der Waals surface area contributed by atoms with Crippen LogP contribution >= 0.6 is 0 Å². The molecule has 0 saturated carbocycles. The lowest BCUT2D eigenvalue weighted by Crippen LogP contribution is -2.42. The van der Waals surface area contributed by atoms with Crippen molar-refractivity contribution in [2.45, 2.75) is 58.0 Å². The average Bonchev–Trinajstić information content (AvgIpc) is 2.91. The number of rotatable bonds is 5. The number of carbonyl (C=O) groups is 1. The Morgan fingerprint density at radius 2 is 2.05 bits per heavy atom. The monoisotopic (exact) mass is 267 g/mol. The Labute approximate surface area is 117 Å². The summed E-state index contributed by atoms with van der Waals surface area (Å²) in [5.74, 6) is 0.356. The van der Waals surface area contributed by atoms with Crippen molar-refractivity contribution < 1.29 is 4.79 Å². The van der Waals surface area contributed by atoms with Crippen molar-refractivity contribution in [3.63, 3.8) is 0 Å². The summed E-state index contributed by atoms with van der Waals surface area (Å²) in [6.45, 7) is 9.57. The molecule has 0 bridgehead atoms. The summed E-state index contributed by atoms with van der Waals surface area (Å²) in [4.78, 5) is 16.9. The van der Waals surface area contributed by atoms with Crippen LogP contribution in [0.4, 0.5) is 0 Å². The largest absolute Gasteiger partial charge is 0.341 e. The molecule has 110 valence electrons. The second-order valence-corrected chi connectivity index (χ2v) is 5.85. The summed E-state index contributed by atoms with van der Waals surface area (Å²) in [7, 11) is 0. The van der Waals surface area contributed by atoms with Gasteiger partial charge < -0.3 is 10.2 Å². The van der Waals surface area contributed by atoms with Gasteiger partial charge in [-0.05, 0) is 38.9 Å². The first-order valence-corrected chi connectivity index (χ1v) is 7.99. The van der Waals surface area contributed by atoms with Crippen LogP contribution < -0.4 is 5.32 Å². The zero-order chi connectivity index (χ0) is 13.7. The lowest BCUT2D eigenvalue weighted by atomic mass is 10.0. The highest BCUT2D eigenvalue weighted by molar-refractivity contribution is 5.77. The van der Waals surface area contributed by atoms with E-state index in [2.05, 4.69) is 29.0 Å². The first-order valence-electron chi connectivity index (χ1n) is 7.99. The minimum absolute atomic E-state index is 0.356. The van der Waals surface area contributed by atoms with Crippen LogP contribution in [-0.2, 0) is 4.79 Å². The molecule has 2 unspecified atom stereocenters. The van der Waals surface area contributed by atoms with Crippen LogP contribution in [0.1, 0.15) is 46.0 Å². The minimum atomic E-state index is 0.356. The second kappa shape index (κ2) is 7.25. The Morgan fingerprint density at radius 3 is 2.68 bits per heavy atom. The number of nitrogens with zero attached hydrogens (tertiary/aromatic N) is 2. The molecule has 0 aromatic rings. The van der Waals surface area contributed by atoms with Gasteiger partial charge in [0, 0.05) is 31.6 Å². The normalized spacial score (nSPS) is 28.1. The zero-order valence-corrected chi connectivity index (χ0v) is 12.5. The van der Waals surface area contributed by atoms with Gasteiger partial charge in [0.25, 0.3) is 0 Å². The van der Waals surface area contributed by atoms with Crippen molar-refractivity contribution in [1.82, 2.24) is 15.1 Å². The van der Waals surface area contributed by atoms with Gasteiger partial charge >= 0.3 is 0 Å². The quantitative estimate of drug-likeness (QED) is 0.819. The molecule has 2 fully saturated rings. The third-order valence-corrected chi connectivity index (χ3v) is 4.68. The van der Waals surface area contributed by atoms with Crippen LogP contribution in [0.25, 0.3) is 0 Å². The topological polar surface area (TPSA) is 35.6 Å². The van der Waals surface area contributed by atoms with Gasteiger partial charge in [-0.1, -0.05) is 20.3 Å². The van der Waals surface area contributed by atoms with Gasteiger partial charge in [-0.25, -0.2) is 0 Å². The maximum Gasteiger partial charge on any atom is 0.224 e. The summed E-state index contributed by atoms with van der Waals surface area (Å²) >= 11 is 0. The number of likely N-dealkylation sites (N-methyl/N-ethyl adjacent to an activating group) is 1. The average molecular weight is 267 g/mol. The summed E-state index contributed by atoms with van der Waals surface area (Å²) in [6, 6.07) is 1.01. The van der Waals surface area contributed by atoms with E-state index in [1.165, 1.54) is 19.3 Å². The SMILES string of the molecule is CCN(CC)C1CCN(C(=O)CC2CCCCN2)C1. The molecule has 2 heterocycles. The third-order valence-electron chi connectivity index (χ3n) is 4.68. The van der Waals surface area contributed by atoms with E-state index in [1.54, 1.807) is 0 Å². The molecule has 0 aromatic carbocycles. The highest BCUT2D eigenvalue weighted by Gasteiger charge is 2.30. The van der Waals surface area contributed by atoms with Crippen molar-refractivity contribution in [2.24, 2.45) is 0 Å². The lowest BCUT2D eigenvalue weighted by Gasteiger charge is -2.27. The number of nitrogens with one attached hydrogen (secondary N) is 1. The molecule has 0 aliphatic carbocycles. The maximum absolute atomic E-state index is 12.3. The van der Waals surface area contributed by atoms with Gasteiger partial charge in [0.05, 0.1) is 0 Å². The van der Waals surface area contributed by atoms with Crippen molar-refractivity contribution >= 4 is 5.91 Å². The molecular formula is C15H29N3O. The lowest BCUT2D eigenvalue weighted by molar-refractivity contribution is -0.131. The molecule has 0 aromatic heterocycles. The number of likely N-dealkylation sites (tertiary alicyclic amines) is 1. The molecule has 0 spiro atoms. The molecule has 2 aliphatic rings. The molecular weight excluding hydrogens is 238 g/mol. The van der Waals surface area contributed by atoms with Gasteiger partial charge in [-0.2, -0.15) is 0 Å². The summed E-state index contributed by atoms with van der Waals surface area (Å²) in [5.41, 5.74) is 0. The van der Waals surface area contributed by atoms with Crippen LogP contribution in [0.3, 0.4) is 0 Å². The van der Waals surface area contributed by atoms with E-state index in [9.17, 15) is 4.79 Å². The van der Waals surface area contributed by atoms with Crippen LogP contribution in [-0.4, -0.2) is 60.5 Å². The highest BCUT2D eigenvalue weighted by Crippen LogP contribution is 2.18. The third kappa shape index (κ3) is 3.93. The maximum atomic E-state index is 12.3. The van der Waals surface area contributed by atoms with Crippen LogP contribution in [0.5, 0.6) is 0 Å². The van der Waals surface area contributed by atoms with E-state index < -0.39 is 0 Å². The van der Waals surface area contributed by atoms with E-state index in [-0.39, 0.29) is 0 Å². The standard InChI is InChI=1S/C15H29N3O/c1-3-17(4-2)14-8-10-18(12-14)15(19)11-13-7-5-6-9-16-13/h13-14,16H,3-12H2,1-2H3. The Bertz CT molecular complexity index is 285. The van der Waals surface area contributed by atoms with Crippen molar-refractivity contribution in [3.05, 3.63) is 0 Å². The molecule has 2 rings (SSSR count). The van der Waals surface area contributed by atoms with Crippen molar-refractivity contribution in [1.29, 1.82) is 0 Å². The van der Waals surface area contributed by atoms with E-state index in [4.69, 9.17) is 0 Å². The van der Waals surface area contributed by atoms with Gasteiger partial charge in [0.2, 0.25) is 5.91 Å². The summed E-state index contributed by atoms with van der Waals surface area (Å²) in [5, 5.41) is 3.47. The Kier molecular flexibility index (Phi) is 5.64. The van der Waals surface area contributed by atoms with E-state index in [0.29, 0.717) is 24.4 Å². The number of carbonyl (C=O) groups excluding carboxylic acids is 1. The second-order valence-electron chi connectivity index (χ2n) is 5.85.